The number of ether oxygens (including phenoxy) is 1. The van der Waals surface area contributed by atoms with Crippen molar-refractivity contribution in [1.82, 2.24) is 5.32 Å². The standard InChI is InChI=1S/C17H19F2NO/c1-2-11-20-16(12-21-13-7-4-3-5-8-13)17-14(18)9-6-10-15(17)19/h3-10,16,20H,2,11-12H2,1H3. The molecule has 21 heavy (non-hydrogen) atoms. The molecule has 2 rings (SSSR count). The van der Waals surface area contributed by atoms with Crippen LogP contribution in [-0.4, -0.2) is 13.2 Å². The fraction of sp³-hybridized carbons (Fsp3) is 0.294. The summed E-state index contributed by atoms with van der Waals surface area (Å²) < 4.78 is 33.5. The van der Waals surface area contributed by atoms with E-state index in [9.17, 15) is 8.78 Å². The Labute approximate surface area is 123 Å². The quantitative estimate of drug-likeness (QED) is 0.830. The lowest BCUT2D eigenvalue weighted by Gasteiger charge is -2.20. The van der Waals surface area contributed by atoms with Crippen LogP contribution >= 0.6 is 0 Å². The monoisotopic (exact) mass is 291 g/mol. The number of para-hydroxylation sites is 1. The molecule has 0 heterocycles. The summed E-state index contributed by atoms with van der Waals surface area (Å²) in [6.45, 7) is 2.83. The summed E-state index contributed by atoms with van der Waals surface area (Å²) >= 11 is 0. The summed E-state index contributed by atoms with van der Waals surface area (Å²) in [5.74, 6) is -0.432. The Morgan fingerprint density at radius 2 is 1.67 bits per heavy atom. The topological polar surface area (TPSA) is 21.3 Å². The molecule has 0 fully saturated rings. The second-order valence-electron chi connectivity index (χ2n) is 4.77. The molecule has 1 unspecified atom stereocenters. The van der Waals surface area contributed by atoms with Gasteiger partial charge in [-0.3, -0.25) is 0 Å². The minimum absolute atomic E-state index is 0.0295. The fourth-order valence-corrected chi connectivity index (χ4v) is 2.10. The van der Waals surface area contributed by atoms with Gasteiger partial charge in [0.05, 0.1) is 6.04 Å². The van der Waals surface area contributed by atoms with Crippen LogP contribution in [-0.2, 0) is 0 Å². The SMILES string of the molecule is CCCNC(COc1ccccc1)c1c(F)cccc1F. The number of nitrogens with one attached hydrogen (secondary N) is 1. The first-order chi connectivity index (χ1) is 10.2. The van der Waals surface area contributed by atoms with Gasteiger partial charge in [-0.2, -0.15) is 0 Å². The highest BCUT2D eigenvalue weighted by Gasteiger charge is 2.20. The molecule has 0 radical (unpaired) electrons. The van der Waals surface area contributed by atoms with Gasteiger partial charge in [-0.1, -0.05) is 31.2 Å². The van der Waals surface area contributed by atoms with E-state index in [-0.39, 0.29) is 12.2 Å². The number of benzene rings is 2. The zero-order valence-corrected chi connectivity index (χ0v) is 12.0. The number of hydrogen-bond acceptors (Lipinski definition) is 2. The van der Waals surface area contributed by atoms with E-state index in [1.165, 1.54) is 18.2 Å². The van der Waals surface area contributed by atoms with Crippen LogP contribution in [0.2, 0.25) is 0 Å². The van der Waals surface area contributed by atoms with E-state index in [0.29, 0.717) is 12.3 Å². The van der Waals surface area contributed by atoms with Gasteiger partial charge in [0, 0.05) is 5.56 Å². The van der Waals surface area contributed by atoms with E-state index < -0.39 is 17.7 Å². The summed E-state index contributed by atoms with van der Waals surface area (Å²) in [5.41, 5.74) is 0.0295. The summed E-state index contributed by atoms with van der Waals surface area (Å²) in [7, 11) is 0. The first-order valence-electron chi connectivity index (χ1n) is 7.07. The lowest BCUT2D eigenvalue weighted by atomic mass is 10.1. The third kappa shape index (κ3) is 4.26. The van der Waals surface area contributed by atoms with Gasteiger partial charge in [-0.25, -0.2) is 8.78 Å². The molecule has 0 saturated carbocycles. The smallest absolute Gasteiger partial charge is 0.131 e. The van der Waals surface area contributed by atoms with Crippen molar-refractivity contribution >= 4 is 0 Å². The second kappa shape index (κ2) is 7.74. The molecule has 0 saturated heterocycles. The predicted octanol–water partition coefficient (Wildman–Crippen LogP) is 4.08. The highest BCUT2D eigenvalue weighted by molar-refractivity contribution is 5.25. The van der Waals surface area contributed by atoms with Gasteiger partial charge >= 0.3 is 0 Å². The molecule has 2 aromatic carbocycles. The molecule has 0 aliphatic carbocycles. The second-order valence-corrected chi connectivity index (χ2v) is 4.77. The number of rotatable bonds is 7. The molecule has 0 aromatic heterocycles. The number of halogens is 2. The maximum absolute atomic E-state index is 13.9. The summed E-state index contributed by atoms with van der Waals surface area (Å²) in [4.78, 5) is 0. The van der Waals surface area contributed by atoms with Crippen molar-refractivity contribution in [1.29, 1.82) is 0 Å². The van der Waals surface area contributed by atoms with E-state index in [4.69, 9.17) is 4.74 Å². The lowest BCUT2D eigenvalue weighted by molar-refractivity contribution is 0.259. The van der Waals surface area contributed by atoms with Gasteiger partial charge in [0.1, 0.15) is 24.0 Å². The molecule has 0 spiro atoms. The summed E-state index contributed by atoms with van der Waals surface area (Å²) in [5, 5.41) is 3.13. The van der Waals surface area contributed by atoms with Crippen LogP contribution in [0.4, 0.5) is 8.78 Å². The average molecular weight is 291 g/mol. The minimum atomic E-state index is -0.555. The van der Waals surface area contributed by atoms with Crippen molar-refractivity contribution in [2.45, 2.75) is 19.4 Å². The molecule has 2 aromatic rings. The Morgan fingerprint density at radius 1 is 1.00 bits per heavy atom. The first-order valence-corrected chi connectivity index (χ1v) is 7.07. The first kappa shape index (κ1) is 15.4. The van der Waals surface area contributed by atoms with Gasteiger partial charge in [-0.05, 0) is 37.2 Å². The van der Waals surface area contributed by atoms with Gasteiger partial charge in [0.25, 0.3) is 0 Å². The maximum Gasteiger partial charge on any atom is 0.131 e. The van der Waals surface area contributed by atoms with Gasteiger partial charge in [-0.15, -0.1) is 0 Å². The van der Waals surface area contributed by atoms with Crippen LogP contribution in [0.15, 0.2) is 48.5 Å². The molecular weight excluding hydrogens is 272 g/mol. The minimum Gasteiger partial charge on any atom is -0.492 e. The zero-order chi connectivity index (χ0) is 15.1. The maximum atomic E-state index is 13.9. The van der Waals surface area contributed by atoms with Gasteiger partial charge < -0.3 is 10.1 Å². The van der Waals surface area contributed by atoms with Crippen LogP contribution in [0.1, 0.15) is 24.9 Å². The van der Waals surface area contributed by atoms with Crippen molar-refractivity contribution < 1.29 is 13.5 Å². The Balaban J connectivity index is 2.14. The molecule has 0 amide bonds. The van der Waals surface area contributed by atoms with Crippen LogP contribution in [0.3, 0.4) is 0 Å². The lowest BCUT2D eigenvalue weighted by Crippen LogP contribution is -2.29. The van der Waals surface area contributed by atoms with Crippen LogP contribution in [0.25, 0.3) is 0 Å². The molecule has 4 heteroatoms. The van der Waals surface area contributed by atoms with E-state index in [0.717, 1.165) is 6.42 Å². The Kier molecular flexibility index (Phi) is 5.69. The predicted molar refractivity (Wildman–Crippen MR) is 79.3 cm³/mol. The highest BCUT2D eigenvalue weighted by atomic mass is 19.1. The van der Waals surface area contributed by atoms with E-state index in [1.807, 2.05) is 37.3 Å². The van der Waals surface area contributed by atoms with E-state index >= 15 is 0 Å². The molecule has 0 aliphatic rings. The fourth-order valence-electron chi connectivity index (χ4n) is 2.10. The van der Waals surface area contributed by atoms with Crippen molar-refractivity contribution in [3.05, 3.63) is 65.7 Å². The molecule has 0 aliphatic heterocycles. The normalized spacial score (nSPS) is 12.1. The molecule has 1 N–H and O–H groups in total. The van der Waals surface area contributed by atoms with Crippen LogP contribution in [0.5, 0.6) is 5.75 Å². The van der Waals surface area contributed by atoms with Crippen LogP contribution < -0.4 is 10.1 Å². The third-order valence-electron chi connectivity index (χ3n) is 3.15. The zero-order valence-electron chi connectivity index (χ0n) is 12.0. The van der Waals surface area contributed by atoms with Crippen molar-refractivity contribution in [3.8, 4) is 5.75 Å². The van der Waals surface area contributed by atoms with Gasteiger partial charge in [0.2, 0.25) is 0 Å². The van der Waals surface area contributed by atoms with Crippen molar-refractivity contribution in [2.24, 2.45) is 0 Å². The largest absolute Gasteiger partial charge is 0.492 e. The highest BCUT2D eigenvalue weighted by Crippen LogP contribution is 2.22. The Bertz CT molecular complexity index is 540. The Hall–Kier alpha value is -1.94. The van der Waals surface area contributed by atoms with E-state index in [2.05, 4.69) is 5.32 Å². The third-order valence-corrected chi connectivity index (χ3v) is 3.15. The summed E-state index contributed by atoms with van der Waals surface area (Å²) in [6.07, 6.45) is 0.873. The molecule has 1 atom stereocenters. The van der Waals surface area contributed by atoms with Crippen LogP contribution in [0, 0.1) is 11.6 Å². The molecular formula is C17H19F2NO. The van der Waals surface area contributed by atoms with Crippen molar-refractivity contribution in [3.63, 3.8) is 0 Å². The average Bonchev–Trinajstić information content (AvgIpc) is 2.50. The number of hydrogen-bond donors (Lipinski definition) is 1. The van der Waals surface area contributed by atoms with Crippen molar-refractivity contribution in [2.75, 3.05) is 13.2 Å². The summed E-state index contributed by atoms with van der Waals surface area (Å²) in [6, 6.07) is 12.6. The van der Waals surface area contributed by atoms with E-state index in [1.54, 1.807) is 0 Å². The van der Waals surface area contributed by atoms with Gasteiger partial charge in [0.15, 0.2) is 0 Å². The molecule has 0 bridgehead atoms. The molecule has 112 valence electrons. The molecule has 2 nitrogen and oxygen atoms in total. The Morgan fingerprint density at radius 3 is 2.29 bits per heavy atom.